The zero-order valence-corrected chi connectivity index (χ0v) is 10.4. The van der Waals surface area contributed by atoms with Crippen molar-refractivity contribution in [1.82, 2.24) is 4.90 Å². The number of hydrogen-bond acceptors (Lipinski definition) is 2. The van der Waals surface area contributed by atoms with Gasteiger partial charge in [-0.25, -0.2) is 0 Å². The minimum Gasteiger partial charge on any atom is -0.383 e. The Hall–Kier alpha value is -0.100. The monoisotopic (exact) mass is 297 g/mol. The van der Waals surface area contributed by atoms with Crippen LogP contribution < -0.4 is 0 Å². The second-order valence-electron chi connectivity index (χ2n) is 2.99. The molecule has 3 nitrogen and oxygen atoms in total. The first kappa shape index (κ1) is 12.9. The first-order valence-corrected chi connectivity index (χ1v) is 5.30. The Morgan fingerprint density at radius 1 is 1.62 bits per heavy atom. The van der Waals surface area contributed by atoms with Crippen LogP contribution in [0.2, 0.25) is 0 Å². The van der Waals surface area contributed by atoms with Crippen LogP contribution in [0.3, 0.4) is 0 Å². The summed E-state index contributed by atoms with van der Waals surface area (Å²) in [6.07, 6.45) is 2.35. The summed E-state index contributed by atoms with van der Waals surface area (Å²) in [5.41, 5.74) is 0. The summed E-state index contributed by atoms with van der Waals surface area (Å²) < 4.78 is 1.17. The number of allylic oxidation sites excluding steroid dienone is 1. The lowest BCUT2D eigenvalue weighted by Gasteiger charge is -2.14. The van der Waals surface area contributed by atoms with Gasteiger partial charge in [-0.15, -0.1) is 0 Å². The number of aliphatic hydroxyl groups is 1. The maximum absolute atomic E-state index is 11.2. The number of aliphatic hydroxyl groups excluding tert-OH is 1. The molecule has 4 heteroatoms. The van der Waals surface area contributed by atoms with Gasteiger partial charge in [-0.05, 0) is 32.6 Å². The lowest BCUT2D eigenvalue weighted by molar-refractivity contribution is -0.137. The van der Waals surface area contributed by atoms with Gasteiger partial charge >= 0.3 is 0 Å². The normalized spacial score (nSPS) is 14.1. The summed E-state index contributed by atoms with van der Waals surface area (Å²) in [6, 6.07) is 0. The molecule has 0 aliphatic rings. The van der Waals surface area contributed by atoms with Gasteiger partial charge in [0.25, 0.3) is 5.91 Å². The fourth-order valence-electron chi connectivity index (χ4n) is 0.783. The van der Waals surface area contributed by atoms with E-state index in [2.05, 4.69) is 22.6 Å². The summed E-state index contributed by atoms with van der Waals surface area (Å²) in [4.78, 5) is 12.6. The van der Waals surface area contributed by atoms with Gasteiger partial charge in [0.2, 0.25) is 0 Å². The highest BCUT2D eigenvalue weighted by Crippen LogP contribution is 2.12. The molecule has 0 aliphatic heterocycles. The molecule has 0 aromatic carbocycles. The van der Waals surface area contributed by atoms with E-state index in [1.807, 2.05) is 13.0 Å². The van der Waals surface area contributed by atoms with Gasteiger partial charge in [0, 0.05) is 20.5 Å². The van der Waals surface area contributed by atoms with Crippen LogP contribution in [0.5, 0.6) is 0 Å². The molecule has 13 heavy (non-hydrogen) atoms. The summed E-state index contributed by atoms with van der Waals surface area (Å²) in [7, 11) is 3.28. The predicted octanol–water partition coefficient (Wildman–Crippen LogP) is 1.55. The Kier molecular flexibility index (Phi) is 6.32. The summed E-state index contributed by atoms with van der Waals surface area (Å²) in [5.74, 6) is -0.239. The Morgan fingerprint density at radius 2 is 2.15 bits per heavy atom. The molecule has 0 aliphatic carbocycles. The van der Waals surface area contributed by atoms with Crippen molar-refractivity contribution in [3.05, 3.63) is 9.66 Å². The van der Waals surface area contributed by atoms with Crippen LogP contribution in [0.1, 0.15) is 19.8 Å². The van der Waals surface area contributed by atoms with Gasteiger partial charge in [-0.3, -0.25) is 4.79 Å². The third-order valence-corrected chi connectivity index (χ3v) is 2.83. The van der Waals surface area contributed by atoms with Gasteiger partial charge in [0.15, 0.2) is 0 Å². The number of rotatable bonds is 4. The van der Waals surface area contributed by atoms with E-state index in [1.165, 1.54) is 8.48 Å². The number of carbonyl (C=O) groups excluding carboxylic acids is 1. The van der Waals surface area contributed by atoms with Crippen molar-refractivity contribution in [2.75, 3.05) is 14.1 Å². The number of nitrogens with zero attached hydrogens (tertiary/aromatic N) is 1. The minimum atomic E-state index is -0.897. The van der Waals surface area contributed by atoms with Gasteiger partial charge < -0.3 is 10.0 Å². The molecule has 0 saturated carbocycles. The Labute approximate surface area is 92.9 Å². The fraction of sp³-hybridized carbons (Fsp3) is 0.667. The number of hydrogen-bond donors (Lipinski definition) is 1. The molecule has 1 N–H and O–H groups in total. The molecule has 0 unspecified atom stereocenters. The maximum atomic E-state index is 11.2. The van der Waals surface area contributed by atoms with E-state index in [4.69, 9.17) is 0 Å². The standard InChI is InChI=1S/C9H16INO2/c1-4-7(10)5-6-8(12)9(13)11(2)3/h5,8,12H,4,6H2,1-3H3/b7-5-/t8-/m0/s1. The maximum Gasteiger partial charge on any atom is 0.251 e. The Bertz CT molecular complexity index is 202. The van der Waals surface area contributed by atoms with Gasteiger partial charge in [-0.2, -0.15) is 0 Å². The van der Waals surface area contributed by atoms with E-state index in [0.717, 1.165) is 6.42 Å². The van der Waals surface area contributed by atoms with E-state index >= 15 is 0 Å². The van der Waals surface area contributed by atoms with Gasteiger partial charge in [0.1, 0.15) is 6.10 Å². The topological polar surface area (TPSA) is 40.5 Å². The molecule has 0 fully saturated rings. The van der Waals surface area contributed by atoms with E-state index in [1.54, 1.807) is 14.1 Å². The zero-order valence-electron chi connectivity index (χ0n) is 8.25. The van der Waals surface area contributed by atoms with E-state index in [9.17, 15) is 9.90 Å². The average Bonchev–Trinajstić information content (AvgIpc) is 2.11. The molecule has 0 spiro atoms. The smallest absolute Gasteiger partial charge is 0.251 e. The summed E-state index contributed by atoms with van der Waals surface area (Å²) in [5, 5.41) is 9.39. The highest BCUT2D eigenvalue weighted by molar-refractivity contribution is 14.1. The minimum absolute atomic E-state index is 0.239. The lowest BCUT2D eigenvalue weighted by atomic mass is 10.2. The quantitative estimate of drug-likeness (QED) is 0.800. The molecule has 76 valence electrons. The van der Waals surface area contributed by atoms with Crippen LogP contribution in [0, 0.1) is 0 Å². The Balaban J connectivity index is 4.01. The van der Waals surface area contributed by atoms with Crippen LogP contribution in [0.15, 0.2) is 9.66 Å². The number of halogens is 1. The zero-order chi connectivity index (χ0) is 10.4. The third-order valence-electron chi connectivity index (χ3n) is 1.63. The predicted molar refractivity (Wildman–Crippen MR) is 61.7 cm³/mol. The van der Waals surface area contributed by atoms with Crippen molar-refractivity contribution in [3.63, 3.8) is 0 Å². The molecule has 1 atom stereocenters. The number of amides is 1. The molecule has 1 amide bonds. The van der Waals surface area contributed by atoms with Crippen LogP contribution in [0.4, 0.5) is 0 Å². The summed E-state index contributed by atoms with van der Waals surface area (Å²) in [6.45, 7) is 2.04. The van der Waals surface area contributed by atoms with E-state index < -0.39 is 6.10 Å². The van der Waals surface area contributed by atoms with Crippen molar-refractivity contribution in [1.29, 1.82) is 0 Å². The second-order valence-corrected chi connectivity index (χ2v) is 4.37. The van der Waals surface area contributed by atoms with Crippen molar-refractivity contribution in [3.8, 4) is 0 Å². The van der Waals surface area contributed by atoms with Crippen molar-refractivity contribution in [2.24, 2.45) is 0 Å². The van der Waals surface area contributed by atoms with E-state index in [0.29, 0.717) is 6.42 Å². The molecule has 0 radical (unpaired) electrons. The molecule has 0 saturated heterocycles. The van der Waals surface area contributed by atoms with E-state index in [-0.39, 0.29) is 5.91 Å². The molecule has 0 rings (SSSR count). The highest BCUT2D eigenvalue weighted by atomic mass is 127. The third kappa shape index (κ3) is 5.25. The van der Waals surface area contributed by atoms with Crippen LogP contribution >= 0.6 is 22.6 Å². The highest BCUT2D eigenvalue weighted by Gasteiger charge is 2.14. The molecule has 0 aromatic heterocycles. The molecular weight excluding hydrogens is 281 g/mol. The summed E-state index contributed by atoms with van der Waals surface area (Å²) >= 11 is 2.20. The molecule has 0 bridgehead atoms. The van der Waals surface area contributed by atoms with Crippen LogP contribution in [-0.4, -0.2) is 36.1 Å². The fourth-order valence-corrected chi connectivity index (χ4v) is 1.04. The van der Waals surface area contributed by atoms with Crippen LogP contribution in [0.25, 0.3) is 0 Å². The van der Waals surface area contributed by atoms with Gasteiger partial charge in [-0.1, -0.05) is 13.0 Å². The lowest BCUT2D eigenvalue weighted by Crippen LogP contribution is -2.33. The first-order chi connectivity index (χ1) is 5.99. The molecule has 0 aromatic rings. The SMILES string of the molecule is CC/C(I)=C/C[C@H](O)C(=O)N(C)C. The van der Waals surface area contributed by atoms with Crippen molar-refractivity contribution < 1.29 is 9.90 Å². The molecular formula is C9H16INO2. The average molecular weight is 297 g/mol. The largest absolute Gasteiger partial charge is 0.383 e. The van der Waals surface area contributed by atoms with Crippen molar-refractivity contribution in [2.45, 2.75) is 25.9 Å². The Morgan fingerprint density at radius 3 is 2.54 bits per heavy atom. The number of carbonyl (C=O) groups is 1. The first-order valence-electron chi connectivity index (χ1n) is 4.22. The second kappa shape index (κ2) is 6.37. The number of likely N-dealkylation sites (N-methyl/N-ethyl adjacent to an activating group) is 1. The van der Waals surface area contributed by atoms with Crippen LogP contribution in [-0.2, 0) is 4.79 Å². The van der Waals surface area contributed by atoms with Crippen molar-refractivity contribution >= 4 is 28.5 Å². The van der Waals surface area contributed by atoms with Gasteiger partial charge in [0.05, 0.1) is 0 Å². The molecule has 0 heterocycles.